The maximum Gasteiger partial charge on any atom is 0.128 e. The maximum atomic E-state index is 13.6. The van der Waals surface area contributed by atoms with Crippen molar-refractivity contribution in [3.63, 3.8) is 0 Å². The van der Waals surface area contributed by atoms with E-state index in [1.54, 1.807) is 12.1 Å². The first-order valence-corrected chi connectivity index (χ1v) is 6.42. The summed E-state index contributed by atoms with van der Waals surface area (Å²) in [6.45, 7) is 5.48. The van der Waals surface area contributed by atoms with E-state index in [2.05, 4.69) is 11.8 Å². The van der Waals surface area contributed by atoms with E-state index in [1.165, 1.54) is 18.9 Å². The molecule has 2 nitrogen and oxygen atoms in total. The highest BCUT2D eigenvalue weighted by atomic mass is 19.1. The average molecular weight is 236 g/mol. The molecule has 1 heterocycles. The van der Waals surface area contributed by atoms with E-state index >= 15 is 0 Å². The van der Waals surface area contributed by atoms with Crippen LogP contribution in [0.25, 0.3) is 0 Å². The first kappa shape index (κ1) is 12.4. The van der Waals surface area contributed by atoms with Crippen molar-refractivity contribution < 1.29 is 4.39 Å². The Hall–Kier alpha value is -1.09. The van der Waals surface area contributed by atoms with Crippen LogP contribution in [0, 0.1) is 11.7 Å². The summed E-state index contributed by atoms with van der Waals surface area (Å²) >= 11 is 0. The lowest BCUT2D eigenvalue weighted by Gasteiger charge is -2.30. The lowest BCUT2D eigenvalue weighted by Crippen LogP contribution is -2.34. The molecule has 2 N–H and O–H groups in total. The van der Waals surface area contributed by atoms with Gasteiger partial charge in [-0.1, -0.05) is 13.0 Å². The molecular weight excluding hydrogens is 215 g/mol. The van der Waals surface area contributed by atoms with Gasteiger partial charge in [0.1, 0.15) is 5.82 Å². The molecule has 0 aliphatic carbocycles. The molecular formula is C14H21FN2. The first-order valence-electron chi connectivity index (χ1n) is 6.42. The standard InChI is InChI=1S/C14H21FN2/c1-11-5-8-17(9-6-11)10-7-12-13(15)3-2-4-14(12)16/h2-4,11H,5-10,16H2,1H3. The Morgan fingerprint density at radius 2 is 2.06 bits per heavy atom. The Kier molecular flexibility index (Phi) is 4.00. The number of rotatable bonds is 3. The van der Waals surface area contributed by atoms with Gasteiger partial charge in [0, 0.05) is 17.8 Å². The zero-order chi connectivity index (χ0) is 12.3. The van der Waals surface area contributed by atoms with Gasteiger partial charge < -0.3 is 10.6 Å². The molecule has 1 fully saturated rings. The van der Waals surface area contributed by atoms with E-state index in [4.69, 9.17) is 5.73 Å². The molecule has 0 saturated carbocycles. The fourth-order valence-electron chi connectivity index (χ4n) is 2.39. The molecule has 3 heteroatoms. The maximum absolute atomic E-state index is 13.6. The molecule has 0 bridgehead atoms. The summed E-state index contributed by atoms with van der Waals surface area (Å²) in [7, 11) is 0. The summed E-state index contributed by atoms with van der Waals surface area (Å²) < 4.78 is 13.6. The fourth-order valence-corrected chi connectivity index (χ4v) is 2.39. The van der Waals surface area contributed by atoms with Gasteiger partial charge in [-0.25, -0.2) is 4.39 Å². The second kappa shape index (κ2) is 5.50. The van der Waals surface area contributed by atoms with Crippen molar-refractivity contribution >= 4 is 5.69 Å². The number of benzene rings is 1. The molecule has 0 radical (unpaired) electrons. The molecule has 2 rings (SSSR count). The highest BCUT2D eigenvalue weighted by molar-refractivity contribution is 5.47. The normalized spacial score (nSPS) is 18.5. The van der Waals surface area contributed by atoms with Crippen LogP contribution in [0.5, 0.6) is 0 Å². The van der Waals surface area contributed by atoms with Crippen molar-refractivity contribution in [2.24, 2.45) is 5.92 Å². The highest BCUT2D eigenvalue weighted by Crippen LogP contribution is 2.19. The largest absolute Gasteiger partial charge is 0.398 e. The number of likely N-dealkylation sites (tertiary alicyclic amines) is 1. The summed E-state index contributed by atoms with van der Waals surface area (Å²) in [6, 6.07) is 4.93. The van der Waals surface area contributed by atoms with Crippen molar-refractivity contribution in [1.82, 2.24) is 4.90 Å². The number of nitrogens with zero attached hydrogens (tertiary/aromatic N) is 1. The van der Waals surface area contributed by atoms with Crippen LogP contribution in [0.2, 0.25) is 0 Å². The van der Waals surface area contributed by atoms with Crippen LogP contribution in [0.15, 0.2) is 18.2 Å². The first-order chi connectivity index (χ1) is 8.16. The summed E-state index contributed by atoms with van der Waals surface area (Å²) in [5.74, 6) is 0.667. The summed E-state index contributed by atoms with van der Waals surface area (Å²) in [5, 5.41) is 0. The third kappa shape index (κ3) is 3.19. The van der Waals surface area contributed by atoms with Crippen LogP contribution in [0.4, 0.5) is 10.1 Å². The molecule has 1 aromatic carbocycles. The van der Waals surface area contributed by atoms with Gasteiger partial charge in [0.15, 0.2) is 0 Å². The summed E-state index contributed by atoms with van der Waals surface area (Å²) in [5.41, 5.74) is 7.05. The number of piperidine rings is 1. The van der Waals surface area contributed by atoms with Crippen LogP contribution in [-0.2, 0) is 6.42 Å². The Morgan fingerprint density at radius 1 is 1.35 bits per heavy atom. The van der Waals surface area contributed by atoms with E-state index in [9.17, 15) is 4.39 Å². The third-order valence-corrected chi connectivity index (χ3v) is 3.71. The van der Waals surface area contributed by atoms with Gasteiger partial charge in [-0.15, -0.1) is 0 Å². The summed E-state index contributed by atoms with van der Waals surface area (Å²) in [4.78, 5) is 2.41. The minimum absolute atomic E-state index is 0.171. The van der Waals surface area contributed by atoms with Gasteiger partial charge in [0.05, 0.1) is 0 Å². The second-order valence-electron chi connectivity index (χ2n) is 5.08. The molecule has 1 aliphatic heterocycles. The lowest BCUT2D eigenvalue weighted by atomic mass is 9.99. The van der Waals surface area contributed by atoms with Crippen molar-refractivity contribution in [1.29, 1.82) is 0 Å². The summed E-state index contributed by atoms with van der Waals surface area (Å²) in [6.07, 6.45) is 3.23. The molecule has 1 aliphatic rings. The topological polar surface area (TPSA) is 29.3 Å². The number of halogens is 1. The molecule has 1 saturated heterocycles. The van der Waals surface area contributed by atoms with Crippen molar-refractivity contribution in [3.05, 3.63) is 29.6 Å². The van der Waals surface area contributed by atoms with Crippen LogP contribution in [-0.4, -0.2) is 24.5 Å². The van der Waals surface area contributed by atoms with Crippen molar-refractivity contribution in [2.45, 2.75) is 26.2 Å². The van der Waals surface area contributed by atoms with Crippen LogP contribution >= 0.6 is 0 Å². The lowest BCUT2D eigenvalue weighted by molar-refractivity contribution is 0.194. The molecule has 0 amide bonds. The van der Waals surface area contributed by atoms with E-state index in [0.717, 1.165) is 25.6 Å². The Balaban J connectivity index is 1.89. The number of hydrogen-bond donors (Lipinski definition) is 1. The number of anilines is 1. The SMILES string of the molecule is CC1CCN(CCc2c(N)cccc2F)CC1. The van der Waals surface area contributed by atoms with Gasteiger partial charge >= 0.3 is 0 Å². The average Bonchev–Trinajstić information content (AvgIpc) is 2.31. The number of nitrogen functional groups attached to an aromatic ring is 1. The number of hydrogen-bond acceptors (Lipinski definition) is 2. The van der Waals surface area contributed by atoms with Gasteiger partial charge in [-0.3, -0.25) is 0 Å². The Bertz CT molecular complexity index is 350. The van der Waals surface area contributed by atoms with Crippen LogP contribution < -0.4 is 5.73 Å². The molecule has 0 spiro atoms. The van der Waals surface area contributed by atoms with E-state index in [0.29, 0.717) is 17.7 Å². The predicted octanol–water partition coefficient (Wildman–Crippen LogP) is 2.68. The van der Waals surface area contributed by atoms with E-state index < -0.39 is 0 Å². The molecule has 94 valence electrons. The minimum Gasteiger partial charge on any atom is -0.398 e. The van der Waals surface area contributed by atoms with Crippen LogP contribution in [0.3, 0.4) is 0 Å². The van der Waals surface area contributed by atoms with E-state index in [1.807, 2.05) is 0 Å². The van der Waals surface area contributed by atoms with E-state index in [-0.39, 0.29) is 5.82 Å². The molecule has 1 aromatic rings. The zero-order valence-corrected chi connectivity index (χ0v) is 10.5. The van der Waals surface area contributed by atoms with Gasteiger partial charge in [0.25, 0.3) is 0 Å². The predicted molar refractivity (Wildman–Crippen MR) is 69.4 cm³/mol. The molecule has 0 aromatic heterocycles. The second-order valence-corrected chi connectivity index (χ2v) is 5.08. The highest BCUT2D eigenvalue weighted by Gasteiger charge is 2.16. The monoisotopic (exact) mass is 236 g/mol. The van der Waals surface area contributed by atoms with Gasteiger partial charge in [0.2, 0.25) is 0 Å². The van der Waals surface area contributed by atoms with Crippen LogP contribution in [0.1, 0.15) is 25.3 Å². The smallest absolute Gasteiger partial charge is 0.128 e. The quantitative estimate of drug-likeness (QED) is 0.818. The zero-order valence-electron chi connectivity index (χ0n) is 10.5. The van der Waals surface area contributed by atoms with Gasteiger partial charge in [-0.2, -0.15) is 0 Å². The molecule has 0 atom stereocenters. The third-order valence-electron chi connectivity index (χ3n) is 3.71. The number of nitrogens with two attached hydrogens (primary N) is 1. The van der Waals surface area contributed by atoms with Crippen molar-refractivity contribution in [3.8, 4) is 0 Å². The minimum atomic E-state index is -0.171. The molecule has 0 unspecified atom stereocenters. The fraction of sp³-hybridized carbons (Fsp3) is 0.571. The van der Waals surface area contributed by atoms with Crippen molar-refractivity contribution in [2.75, 3.05) is 25.4 Å². The molecule has 17 heavy (non-hydrogen) atoms. The van der Waals surface area contributed by atoms with Gasteiger partial charge in [-0.05, 0) is 50.4 Å². The Morgan fingerprint density at radius 3 is 2.71 bits per heavy atom. The Labute approximate surface area is 103 Å².